The zero-order chi connectivity index (χ0) is 15.9. The highest BCUT2D eigenvalue weighted by Crippen LogP contribution is 2.43. The van der Waals surface area contributed by atoms with Crippen molar-refractivity contribution in [2.75, 3.05) is 31.9 Å². The Balaban J connectivity index is 1.67. The van der Waals surface area contributed by atoms with Gasteiger partial charge in [-0.1, -0.05) is 0 Å². The second-order valence-corrected chi connectivity index (χ2v) is 8.72. The highest BCUT2D eigenvalue weighted by molar-refractivity contribution is 9.10. The van der Waals surface area contributed by atoms with Gasteiger partial charge in [0.25, 0.3) is 5.91 Å². The monoisotopic (exact) mass is 390 g/mol. The summed E-state index contributed by atoms with van der Waals surface area (Å²) in [7, 11) is -3.18. The third-order valence-corrected chi connectivity index (χ3v) is 6.89. The van der Waals surface area contributed by atoms with Crippen molar-refractivity contribution in [3.63, 3.8) is 0 Å². The van der Waals surface area contributed by atoms with Gasteiger partial charge in [0.15, 0.2) is 5.69 Å². The molecule has 0 radical (unpaired) electrons. The molecule has 3 rings (SSSR count). The molecular formula is C13H19BrN4O3S. The fourth-order valence-electron chi connectivity index (χ4n) is 2.63. The van der Waals surface area contributed by atoms with Crippen LogP contribution in [-0.2, 0) is 10.0 Å². The van der Waals surface area contributed by atoms with Crippen molar-refractivity contribution in [1.29, 1.82) is 0 Å². The van der Waals surface area contributed by atoms with Crippen LogP contribution < -0.4 is 0 Å². The number of nitrogens with one attached hydrogen (secondary N) is 1. The summed E-state index contributed by atoms with van der Waals surface area (Å²) in [5.41, 5.74) is 1.39. The number of carbonyl (C=O) groups is 1. The first-order valence-electron chi connectivity index (χ1n) is 7.45. The number of amides is 1. The predicted octanol–water partition coefficient (Wildman–Crippen LogP) is 1.16. The lowest BCUT2D eigenvalue weighted by Crippen LogP contribution is -2.51. The van der Waals surface area contributed by atoms with Gasteiger partial charge >= 0.3 is 0 Å². The molecule has 1 amide bonds. The van der Waals surface area contributed by atoms with Gasteiger partial charge in [-0.05, 0) is 35.7 Å². The summed E-state index contributed by atoms with van der Waals surface area (Å²) in [4.78, 5) is 14.2. The maximum atomic E-state index is 12.5. The minimum absolute atomic E-state index is 0.0939. The molecule has 1 aliphatic heterocycles. The van der Waals surface area contributed by atoms with E-state index in [1.54, 1.807) is 11.8 Å². The van der Waals surface area contributed by atoms with E-state index in [4.69, 9.17) is 0 Å². The maximum Gasteiger partial charge on any atom is 0.275 e. The molecule has 122 valence electrons. The first-order chi connectivity index (χ1) is 10.4. The zero-order valence-electron chi connectivity index (χ0n) is 12.4. The molecule has 0 aromatic carbocycles. The maximum absolute atomic E-state index is 12.5. The summed E-state index contributed by atoms with van der Waals surface area (Å²) in [5, 5.41) is 7.09. The molecule has 2 fully saturated rings. The minimum atomic E-state index is -3.18. The standard InChI is InChI=1S/C13H19BrN4O3S/c1-2-22(20,21)18-7-5-17(6-8-18)13(19)12-10(14)11(15-16-12)9-3-4-9/h9H,2-8H2,1H3,(H,15,16). The van der Waals surface area contributed by atoms with E-state index >= 15 is 0 Å². The second kappa shape index (κ2) is 5.93. The number of aromatic amines is 1. The molecule has 1 saturated heterocycles. The number of halogens is 1. The molecule has 1 saturated carbocycles. The van der Waals surface area contributed by atoms with Crippen LogP contribution in [0.2, 0.25) is 0 Å². The van der Waals surface area contributed by atoms with E-state index in [1.165, 1.54) is 4.31 Å². The van der Waals surface area contributed by atoms with E-state index in [0.717, 1.165) is 23.0 Å². The van der Waals surface area contributed by atoms with Crippen LogP contribution in [0.25, 0.3) is 0 Å². The molecular weight excluding hydrogens is 372 g/mol. The number of hydrogen-bond acceptors (Lipinski definition) is 4. The molecule has 22 heavy (non-hydrogen) atoms. The average Bonchev–Trinajstić information content (AvgIpc) is 3.29. The molecule has 0 spiro atoms. The number of aromatic nitrogens is 2. The Labute approximate surface area is 138 Å². The SMILES string of the molecule is CCS(=O)(=O)N1CCN(C(=O)c2n[nH]c(C3CC3)c2Br)CC1. The topological polar surface area (TPSA) is 86.4 Å². The van der Waals surface area contributed by atoms with Gasteiger partial charge in [0.05, 0.1) is 15.9 Å². The molecule has 2 aliphatic rings. The van der Waals surface area contributed by atoms with Crippen LogP contribution in [0, 0.1) is 0 Å². The van der Waals surface area contributed by atoms with Crippen LogP contribution in [0.3, 0.4) is 0 Å². The van der Waals surface area contributed by atoms with Gasteiger partial charge in [-0.15, -0.1) is 0 Å². The molecule has 0 atom stereocenters. The molecule has 7 nitrogen and oxygen atoms in total. The van der Waals surface area contributed by atoms with Crippen molar-refractivity contribution >= 4 is 31.9 Å². The Kier molecular flexibility index (Phi) is 4.30. The van der Waals surface area contributed by atoms with Crippen molar-refractivity contribution < 1.29 is 13.2 Å². The smallest absolute Gasteiger partial charge is 0.275 e. The number of hydrogen-bond donors (Lipinski definition) is 1. The van der Waals surface area contributed by atoms with Gasteiger partial charge in [0.1, 0.15) is 0 Å². The lowest BCUT2D eigenvalue weighted by Gasteiger charge is -2.33. The number of sulfonamides is 1. The molecule has 9 heteroatoms. The summed E-state index contributed by atoms with van der Waals surface area (Å²) >= 11 is 3.47. The zero-order valence-corrected chi connectivity index (χ0v) is 14.8. The van der Waals surface area contributed by atoms with E-state index in [-0.39, 0.29) is 11.7 Å². The van der Waals surface area contributed by atoms with Gasteiger partial charge in [-0.2, -0.15) is 9.40 Å². The molecule has 2 heterocycles. The quantitative estimate of drug-likeness (QED) is 0.835. The Morgan fingerprint density at radius 1 is 1.32 bits per heavy atom. The predicted molar refractivity (Wildman–Crippen MR) is 85.2 cm³/mol. The number of piperazine rings is 1. The second-order valence-electron chi connectivity index (χ2n) is 5.67. The van der Waals surface area contributed by atoms with E-state index in [1.807, 2.05) is 0 Å². The van der Waals surface area contributed by atoms with Gasteiger partial charge < -0.3 is 4.90 Å². The fraction of sp³-hybridized carbons (Fsp3) is 0.692. The first kappa shape index (κ1) is 15.9. The highest BCUT2D eigenvalue weighted by Gasteiger charge is 2.33. The fourth-order valence-corrected chi connectivity index (χ4v) is 4.38. The summed E-state index contributed by atoms with van der Waals surface area (Å²) in [5.74, 6) is 0.426. The van der Waals surface area contributed by atoms with Crippen molar-refractivity contribution in [2.45, 2.75) is 25.7 Å². The number of nitrogens with zero attached hydrogens (tertiary/aromatic N) is 3. The van der Waals surface area contributed by atoms with Crippen molar-refractivity contribution in [2.24, 2.45) is 0 Å². The number of H-pyrrole nitrogens is 1. The molecule has 0 bridgehead atoms. The Bertz CT molecular complexity index is 675. The molecule has 1 aromatic rings. The van der Waals surface area contributed by atoms with Gasteiger partial charge in [0, 0.05) is 32.1 Å². The van der Waals surface area contributed by atoms with Crippen LogP contribution in [0.4, 0.5) is 0 Å². The highest BCUT2D eigenvalue weighted by atomic mass is 79.9. The largest absolute Gasteiger partial charge is 0.335 e. The summed E-state index contributed by atoms with van der Waals surface area (Å²) < 4.78 is 25.9. The third kappa shape index (κ3) is 2.93. The van der Waals surface area contributed by atoms with Crippen molar-refractivity contribution in [1.82, 2.24) is 19.4 Å². The normalized spacial score (nSPS) is 20.4. The first-order valence-corrected chi connectivity index (χ1v) is 9.85. The summed E-state index contributed by atoms with van der Waals surface area (Å²) in [6.07, 6.45) is 2.25. The molecule has 1 aliphatic carbocycles. The van der Waals surface area contributed by atoms with Gasteiger partial charge in [0.2, 0.25) is 10.0 Å². The lowest BCUT2D eigenvalue weighted by molar-refractivity contribution is 0.0691. The van der Waals surface area contributed by atoms with Crippen LogP contribution in [0.1, 0.15) is 41.9 Å². The Morgan fingerprint density at radius 3 is 2.50 bits per heavy atom. The van der Waals surface area contributed by atoms with E-state index in [9.17, 15) is 13.2 Å². The minimum Gasteiger partial charge on any atom is -0.335 e. The summed E-state index contributed by atoms with van der Waals surface area (Å²) in [6.45, 7) is 3.12. The van der Waals surface area contributed by atoms with Crippen LogP contribution >= 0.6 is 15.9 Å². The lowest BCUT2D eigenvalue weighted by atomic mass is 10.2. The van der Waals surface area contributed by atoms with Gasteiger partial charge in [-0.3, -0.25) is 9.89 Å². The van der Waals surface area contributed by atoms with Gasteiger partial charge in [-0.25, -0.2) is 8.42 Å². The van der Waals surface area contributed by atoms with Crippen molar-refractivity contribution in [3.05, 3.63) is 15.9 Å². The average molecular weight is 391 g/mol. The van der Waals surface area contributed by atoms with E-state index < -0.39 is 10.0 Å². The van der Waals surface area contributed by atoms with E-state index in [0.29, 0.717) is 37.8 Å². The number of carbonyl (C=O) groups excluding carboxylic acids is 1. The van der Waals surface area contributed by atoms with Crippen molar-refractivity contribution in [3.8, 4) is 0 Å². The Morgan fingerprint density at radius 2 is 1.95 bits per heavy atom. The van der Waals surface area contributed by atoms with Crippen LogP contribution in [0.15, 0.2) is 4.47 Å². The summed E-state index contributed by atoms with van der Waals surface area (Å²) in [6, 6.07) is 0. The van der Waals surface area contributed by atoms with E-state index in [2.05, 4.69) is 26.1 Å². The number of rotatable bonds is 4. The molecule has 1 N–H and O–H groups in total. The molecule has 1 aromatic heterocycles. The van der Waals surface area contributed by atoms with Crippen LogP contribution in [0.5, 0.6) is 0 Å². The van der Waals surface area contributed by atoms with Crippen LogP contribution in [-0.4, -0.2) is 65.7 Å². The molecule has 0 unspecified atom stereocenters. The third-order valence-electron chi connectivity index (χ3n) is 4.20. The Hall–Kier alpha value is -0.930.